The number of rotatable bonds is 5. The van der Waals surface area contributed by atoms with E-state index in [1.165, 1.54) is 5.56 Å². The van der Waals surface area contributed by atoms with E-state index in [4.69, 9.17) is 0 Å². The van der Waals surface area contributed by atoms with Crippen LogP contribution in [0.2, 0.25) is 0 Å². The molecule has 142 valence electrons. The molecule has 1 fully saturated rings. The molecule has 1 aliphatic rings. The van der Waals surface area contributed by atoms with E-state index in [0.29, 0.717) is 18.9 Å². The molecule has 0 saturated carbocycles. The van der Waals surface area contributed by atoms with Crippen molar-refractivity contribution in [1.82, 2.24) is 10.6 Å². The Balaban J connectivity index is 0.00000312. The summed E-state index contributed by atoms with van der Waals surface area (Å²) in [5.41, 5.74) is 1.11. The molecule has 0 bridgehead atoms. The number of nitrogens with zero attached hydrogens (tertiary/aromatic N) is 1. The third-order valence-corrected chi connectivity index (χ3v) is 6.47. The van der Waals surface area contributed by atoms with Crippen LogP contribution < -0.4 is 10.6 Å². The second-order valence-corrected chi connectivity index (χ2v) is 9.97. The van der Waals surface area contributed by atoms with Gasteiger partial charge in [0.2, 0.25) is 0 Å². The van der Waals surface area contributed by atoms with E-state index in [9.17, 15) is 8.42 Å². The molecule has 25 heavy (non-hydrogen) atoms. The summed E-state index contributed by atoms with van der Waals surface area (Å²) in [6.07, 6.45) is 0.642. The van der Waals surface area contributed by atoms with Crippen molar-refractivity contribution in [3.8, 4) is 0 Å². The minimum Gasteiger partial charge on any atom is -0.357 e. The smallest absolute Gasteiger partial charge is 0.191 e. The van der Waals surface area contributed by atoms with Crippen molar-refractivity contribution in [1.29, 1.82) is 0 Å². The largest absolute Gasteiger partial charge is 0.357 e. The average molecular weight is 544 g/mol. The fourth-order valence-electron chi connectivity index (χ4n) is 2.69. The Labute approximate surface area is 176 Å². The molecular weight excluding hydrogens is 517 g/mol. The molecule has 1 saturated heterocycles. The molecule has 1 aromatic carbocycles. The molecular formula is C17H27BrIN3O2S. The number of hydrogen-bond donors (Lipinski definition) is 2. The van der Waals surface area contributed by atoms with Gasteiger partial charge in [0, 0.05) is 22.5 Å². The normalized spacial score (nSPS) is 20.0. The van der Waals surface area contributed by atoms with Gasteiger partial charge in [0.05, 0.1) is 18.1 Å². The second-order valence-electron chi connectivity index (χ2n) is 6.83. The number of nitrogens with one attached hydrogen (secondary N) is 2. The van der Waals surface area contributed by atoms with Crippen molar-refractivity contribution in [2.24, 2.45) is 4.99 Å². The first kappa shape index (κ1) is 22.7. The summed E-state index contributed by atoms with van der Waals surface area (Å²) in [4.78, 5) is 4.68. The van der Waals surface area contributed by atoms with E-state index in [-0.39, 0.29) is 46.9 Å². The molecule has 0 aliphatic carbocycles. The number of aliphatic imine (C=N–C) groups is 1. The Kier molecular flexibility index (Phi) is 8.66. The van der Waals surface area contributed by atoms with Crippen LogP contribution >= 0.6 is 39.9 Å². The van der Waals surface area contributed by atoms with Gasteiger partial charge in [-0.15, -0.1) is 24.0 Å². The summed E-state index contributed by atoms with van der Waals surface area (Å²) in [6, 6.07) is 8.22. The van der Waals surface area contributed by atoms with Gasteiger partial charge >= 0.3 is 0 Å². The third kappa shape index (κ3) is 7.05. The lowest BCUT2D eigenvalue weighted by atomic mass is 9.85. The molecule has 5 nitrogen and oxygen atoms in total. The SMILES string of the molecule is CCNC(=NCC(C)(C)c1ccc(Br)cc1)NC1CCS(=O)(=O)C1.I. The third-order valence-electron chi connectivity index (χ3n) is 4.18. The molecule has 2 rings (SSSR count). The van der Waals surface area contributed by atoms with E-state index < -0.39 is 9.84 Å². The molecule has 1 atom stereocenters. The van der Waals surface area contributed by atoms with Crippen LogP contribution in [-0.4, -0.2) is 45.0 Å². The van der Waals surface area contributed by atoms with Gasteiger partial charge in [-0.3, -0.25) is 4.99 Å². The Morgan fingerprint density at radius 1 is 1.32 bits per heavy atom. The lowest BCUT2D eigenvalue weighted by Gasteiger charge is -2.24. The van der Waals surface area contributed by atoms with Crippen molar-refractivity contribution in [2.75, 3.05) is 24.6 Å². The van der Waals surface area contributed by atoms with Gasteiger partial charge in [0.1, 0.15) is 0 Å². The zero-order chi connectivity index (χ0) is 17.8. The van der Waals surface area contributed by atoms with Crippen LogP contribution in [0.1, 0.15) is 32.8 Å². The molecule has 1 aliphatic heterocycles. The van der Waals surface area contributed by atoms with Gasteiger partial charge < -0.3 is 10.6 Å². The molecule has 1 aromatic rings. The Morgan fingerprint density at radius 3 is 2.48 bits per heavy atom. The van der Waals surface area contributed by atoms with E-state index in [0.717, 1.165) is 11.0 Å². The highest BCUT2D eigenvalue weighted by atomic mass is 127. The zero-order valence-electron chi connectivity index (χ0n) is 14.9. The van der Waals surface area contributed by atoms with E-state index >= 15 is 0 Å². The highest BCUT2D eigenvalue weighted by molar-refractivity contribution is 14.0. The van der Waals surface area contributed by atoms with Crippen molar-refractivity contribution in [2.45, 2.75) is 38.6 Å². The maximum Gasteiger partial charge on any atom is 0.191 e. The second kappa shape index (κ2) is 9.55. The van der Waals surface area contributed by atoms with Gasteiger partial charge in [0.25, 0.3) is 0 Å². The Bertz CT molecular complexity index is 690. The summed E-state index contributed by atoms with van der Waals surface area (Å²) in [5.74, 6) is 1.13. The van der Waals surface area contributed by atoms with Gasteiger partial charge in [-0.2, -0.15) is 0 Å². The number of halogens is 2. The van der Waals surface area contributed by atoms with E-state index in [2.05, 4.69) is 57.5 Å². The van der Waals surface area contributed by atoms with Crippen LogP contribution in [0.4, 0.5) is 0 Å². The maximum atomic E-state index is 11.6. The molecule has 0 spiro atoms. The molecule has 2 N–H and O–H groups in total. The number of hydrogen-bond acceptors (Lipinski definition) is 3. The lowest BCUT2D eigenvalue weighted by molar-refractivity contribution is 0.535. The Morgan fingerprint density at radius 2 is 1.96 bits per heavy atom. The fourth-order valence-corrected chi connectivity index (χ4v) is 4.63. The van der Waals surface area contributed by atoms with E-state index in [1.807, 2.05) is 19.1 Å². The number of sulfone groups is 1. The minimum absolute atomic E-state index is 0. The zero-order valence-corrected chi connectivity index (χ0v) is 19.6. The van der Waals surface area contributed by atoms with Crippen LogP contribution in [-0.2, 0) is 15.3 Å². The quantitative estimate of drug-likeness (QED) is 0.340. The van der Waals surface area contributed by atoms with Crippen LogP contribution in [0.3, 0.4) is 0 Å². The molecule has 1 unspecified atom stereocenters. The average Bonchev–Trinajstić information content (AvgIpc) is 2.84. The summed E-state index contributed by atoms with van der Waals surface area (Å²) >= 11 is 3.46. The molecule has 0 aromatic heterocycles. The molecule has 1 heterocycles. The standard InChI is InChI=1S/C17H26BrN3O2S.HI/c1-4-19-16(21-15-9-10-24(22,23)11-15)20-12-17(2,3)13-5-7-14(18)8-6-13;/h5-8,15H,4,9-12H2,1-3H3,(H2,19,20,21);1H. The van der Waals surface area contributed by atoms with Crippen molar-refractivity contribution in [3.63, 3.8) is 0 Å². The first-order valence-corrected chi connectivity index (χ1v) is 10.8. The van der Waals surface area contributed by atoms with E-state index in [1.54, 1.807) is 0 Å². The van der Waals surface area contributed by atoms with Crippen LogP contribution in [0, 0.1) is 0 Å². The number of benzene rings is 1. The van der Waals surface area contributed by atoms with Crippen molar-refractivity contribution < 1.29 is 8.42 Å². The number of guanidine groups is 1. The summed E-state index contributed by atoms with van der Waals surface area (Å²) in [5, 5.41) is 6.46. The van der Waals surface area contributed by atoms with Crippen molar-refractivity contribution in [3.05, 3.63) is 34.3 Å². The molecule has 0 radical (unpaired) electrons. The first-order valence-electron chi connectivity index (χ1n) is 8.23. The lowest BCUT2D eigenvalue weighted by Crippen LogP contribution is -2.44. The predicted octanol–water partition coefficient (Wildman–Crippen LogP) is 3.09. The first-order chi connectivity index (χ1) is 11.2. The predicted molar refractivity (Wildman–Crippen MR) is 119 cm³/mol. The van der Waals surface area contributed by atoms with Crippen LogP contribution in [0.15, 0.2) is 33.7 Å². The summed E-state index contributed by atoms with van der Waals surface area (Å²) < 4.78 is 24.3. The minimum atomic E-state index is -2.90. The fraction of sp³-hybridized carbons (Fsp3) is 0.588. The maximum absolute atomic E-state index is 11.6. The van der Waals surface area contributed by atoms with Crippen LogP contribution in [0.5, 0.6) is 0 Å². The topological polar surface area (TPSA) is 70.6 Å². The van der Waals surface area contributed by atoms with Crippen molar-refractivity contribution >= 4 is 55.7 Å². The Hall–Kier alpha value is -0.350. The monoisotopic (exact) mass is 543 g/mol. The van der Waals surface area contributed by atoms with Crippen LogP contribution in [0.25, 0.3) is 0 Å². The van der Waals surface area contributed by atoms with Gasteiger partial charge in [-0.05, 0) is 31.0 Å². The summed E-state index contributed by atoms with van der Waals surface area (Å²) in [6.45, 7) is 7.67. The molecule has 0 amide bonds. The highest BCUT2D eigenvalue weighted by Crippen LogP contribution is 2.25. The molecule has 8 heteroatoms. The highest BCUT2D eigenvalue weighted by Gasteiger charge is 2.28. The summed E-state index contributed by atoms with van der Waals surface area (Å²) in [7, 11) is -2.90. The van der Waals surface area contributed by atoms with Gasteiger partial charge in [0.15, 0.2) is 15.8 Å². The van der Waals surface area contributed by atoms with Gasteiger partial charge in [-0.1, -0.05) is 41.9 Å². The van der Waals surface area contributed by atoms with Gasteiger partial charge in [-0.25, -0.2) is 8.42 Å².